The maximum Gasteiger partial charge on any atom is 0.255 e. The topological polar surface area (TPSA) is 49.3 Å². The number of hydrogen-bond donors (Lipinski definition) is 2. The van der Waals surface area contributed by atoms with Crippen LogP contribution in [0.4, 0.5) is 8.78 Å². The van der Waals surface area contributed by atoms with Crippen molar-refractivity contribution in [2.45, 2.75) is 6.54 Å². The van der Waals surface area contributed by atoms with Gasteiger partial charge < -0.3 is 10.4 Å². The Morgan fingerprint density at radius 3 is 2.65 bits per heavy atom. The summed E-state index contributed by atoms with van der Waals surface area (Å²) in [6.07, 6.45) is 0. The molecule has 0 aliphatic heterocycles. The van der Waals surface area contributed by atoms with Crippen molar-refractivity contribution >= 4 is 21.8 Å². The highest BCUT2D eigenvalue weighted by atomic mass is 79.9. The summed E-state index contributed by atoms with van der Waals surface area (Å²) in [5.41, 5.74) is 0.0972. The summed E-state index contributed by atoms with van der Waals surface area (Å²) in [5.74, 6) is -1.95. The quantitative estimate of drug-likeness (QED) is 0.899. The maximum absolute atomic E-state index is 13.4. The highest BCUT2D eigenvalue weighted by Crippen LogP contribution is 2.22. The van der Waals surface area contributed by atoms with Gasteiger partial charge in [0.2, 0.25) is 0 Å². The van der Waals surface area contributed by atoms with Crippen LogP contribution in [0.2, 0.25) is 0 Å². The molecule has 0 atom stereocenters. The van der Waals surface area contributed by atoms with Gasteiger partial charge in [-0.05, 0) is 36.4 Å². The SMILES string of the molecule is O=C(NCc1cc(F)ccc1F)c1ccc(Br)cc1O. The van der Waals surface area contributed by atoms with Crippen molar-refractivity contribution in [1.29, 1.82) is 0 Å². The summed E-state index contributed by atoms with van der Waals surface area (Å²) in [5, 5.41) is 12.1. The zero-order valence-corrected chi connectivity index (χ0v) is 11.7. The summed E-state index contributed by atoms with van der Waals surface area (Å²) in [4.78, 5) is 11.8. The second-order valence-electron chi connectivity index (χ2n) is 4.08. The molecule has 0 aliphatic carbocycles. The van der Waals surface area contributed by atoms with Gasteiger partial charge in [0.15, 0.2) is 0 Å². The van der Waals surface area contributed by atoms with Crippen molar-refractivity contribution in [2.75, 3.05) is 0 Å². The molecule has 2 aromatic carbocycles. The fourth-order valence-corrected chi connectivity index (χ4v) is 2.00. The minimum Gasteiger partial charge on any atom is -0.507 e. The number of carbonyl (C=O) groups excluding carboxylic acids is 1. The molecule has 20 heavy (non-hydrogen) atoms. The fraction of sp³-hybridized carbons (Fsp3) is 0.0714. The van der Waals surface area contributed by atoms with Gasteiger partial charge in [-0.15, -0.1) is 0 Å². The third-order valence-electron chi connectivity index (χ3n) is 2.65. The fourth-order valence-electron chi connectivity index (χ4n) is 1.65. The van der Waals surface area contributed by atoms with Crippen LogP contribution in [0.1, 0.15) is 15.9 Å². The molecule has 0 saturated carbocycles. The molecular formula is C14H10BrF2NO2. The Morgan fingerprint density at radius 1 is 1.20 bits per heavy atom. The summed E-state index contributed by atoms with van der Waals surface area (Å²) in [6, 6.07) is 7.40. The smallest absolute Gasteiger partial charge is 0.255 e. The number of rotatable bonds is 3. The first kappa shape index (κ1) is 14.5. The average Bonchev–Trinajstić information content (AvgIpc) is 2.39. The molecule has 2 rings (SSSR count). The van der Waals surface area contributed by atoms with Crippen molar-refractivity contribution < 1.29 is 18.7 Å². The summed E-state index contributed by atoms with van der Waals surface area (Å²) < 4.78 is 27.0. The molecule has 0 radical (unpaired) electrons. The highest BCUT2D eigenvalue weighted by Gasteiger charge is 2.12. The van der Waals surface area contributed by atoms with Crippen LogP contribution in [-0.2, 0) is 6.54 Å². The van der Waals surface area contributed by atoms with Gasteiger partial charge in [0.05, 0.1) is 5.56 Å². The third-order valence-corrected chi connectivity index (χ3v) is 3.14. The largest absolute Gasteiger partial charge is 0.507 e. The van der Waals surface area contributed by atoms with Crippen LogP contribution in [0.15, 0.2) is 40.9 Å². The number of carbonyl (C=O) groups is 1. The molecule has 104 valence electrons. The molecule has 0 heterocycles. The van der Waals surface area contributed by atoms with Crippen molar-refractivity contribution in [3.05, 3.63) is 63.6 Å². The van der Waals surface area contributed by atoms with E-state index >= 15 is 0 Å². The Morgan fingerprint density at radius 2 is 1.95 bits per heavy atom. The van der Waals surface area contributed by atoms with E-state index < -0.39 is 17.5 Å². The van der Waals surface area contributed by atoms with Crippen molar-refractivity contribution in [3.8, 4) is 5.75 Å². The first-order valence-corrected chi connectivity index (χ1v) is 6.47. The van der Waals surface area contributed by atoms with Gasteiger partial charge in [0.1, 0.15) is 17.4 Å². The van der Waals surface area contributed by atoms with E-state index in [0.717, 1.165) is 18.2 Å². The predicted molar refractivity (Wildman–Crippen MR) is 73.3 cm³/mol. The van der Waals surface area contributed by atoms with Crippen LogP contribution in [0.3, 0.4) is 0 Å². The molecule has 0 bridgehead atoms. The second kappa shape index (κ2) is 6.00. The molecule has 1 amide bonds. The Labute approximate surface area is 122 Å². The van der Waals surface area contributed by atoms with E-state index in [0.29, 0.717) is 4.47 Å². The molecule has 0 spiro atoms. The van der Waals surface area contributed by atoms with Crippen LogP contribution in [-0.4, -0.2) is 11.0 Å². The van der Waals surface area contributed by atoms with Gasteiger partial charge >= 0.3 is 0 Å². The second-order valence-corrected chi connectivity index (χ2v) is 5.00. The van der Waals surface area contributed by atoms with Gasteiger partial charge in [0.25, 0.3) is 5.91 Å². The van der Waals surface area contributed by atoms with E-state index in [2.05, 4.69) is 21.2 Å². The van der Waals surface area contributed by atoms with E-state index in [-0.39, 0.29) is 23.4 Å². The minimum absolute atomic E-state index is 0.0370. The van der Waals surface area contributed by atoms with Gasteiger partial charge in [-0.2, -0.15) is 0 Å². The molecule has 0 unspecified atom stereocenters. The summed E-state index contributed by atoms with van der Waals surface area (Å²) >= 11 is 3.16. The Hall–Kier alpha value is -1.95. The molecule has 2 aromatic rings. The van der Waals surface area contributed by atoms with Gasteiger partial charge in [-0.1, -0.05) is 15.9 Å². The van der Waals surface area contributed by atoms with E-state index in [1.54, 1.807) is 6.07 Å². The Kier molecular flexibility index (Phi) is 4.34. The summed E-state index contributed by atoms with van der Waals surface area (Å²) in [6.45, 7) is -0.169. The molecular weight excluding hydrogens is 332 g/mol. The van der Waals surface area contributed by atoms with E-state index in [1.807, 2.05) is 0 Å². The number of amides is 1. The molecule has 0 fully saturated rings. The summed E-state index contributed by atoms with van der Waals surface area (Å²) in [7, 11) is 0. The van der Waals surface area contributed by atoms with E-state index in [1.165, 1.54) is 12.1 Å². The van der Waals surface area contributed by atoms with E-state index in [9.17, 15) is 18.7 Å². The van der Waals surface area contributed by atoms with Crippen molar-refractivity contribution in [2.24, 2.45) is 0 Å². The monoisotopic (exact) mass is 341 g/mol. The average molecular weight is 342 g/mol. The standard InChI is InChI=1S/C14H10BrF2NO2/c15-9-1-3-11(13(19)6-9)14(20)18-7-8-5-10(16)2-4-12(8)17/h1-6,19H,7H2,(H,18,20). The lowest BCUT2D eigenvalue weighted by molar-refractivity contribution is 0.0948. The number of aromatic hydroxyl groups is 1. The molecule has 6 heteroatoms. The minimum atomic E-state index is -0.605. The van der Waals surface area contributed by atoms with Gasteiger partial charge in [-0.3, -0.25) is 4.79 Å². The zero-order valence-electron chi connectivity index (χ0n) is 10.2. The number of phenolic OH excluding ortho intramolecular Hbond substituents is 1. The lowest BCUT2D eigenvalue weighted by Gasteiger charge is -2.08. The molecule has 0 saturated heterocycles. The van der Waals surface area contributed by atoms with Crippen LogP contribution in [0.25, 0.3) is 0 Å². The van der Waals surface area contributed by atoms with Crippen molar-refractivity contribution in [1.82, 2.24) is 5.32 Å². The third kappa shape index (κ3) is 3.33. The molecule has 3 nitrogen and oxygen atoms in total. The van der Waals surface area contributed by atoms with Crippen LogP contribution < -0.4 is 5.32 Å². The lowest BCUT2D eigenvalue weighted by Crippen LogP contribution is -2.23. The van der Waals surface area contributed by atoms with Crippen LogP contribution >= 0.6 is 15.9 Å². The molecule has 0 aromatic heterocycles. The molecule has 2 N–H and O–H groups in total. The molecule has 0 aliphatic rings. The number of nitrogens with one attached hydrogen (secondary N) is 1. The Bertz CT molecular complexity index is 662. The number of halogens is 3. The Balaban J connectivity index is 2.10. The van der Waals surface area contributed by atoms with Crippen LogP contribution in [0, 0.1) is 11.6 Å². The van der Waals surface area contributed by atoms with Crippen LogP contribution in [0.5, 0.6) is 5.75 Å². The zero-order chi connectivity index (χ0) is 14.7. The highest BCUT2D eigenvalue weighted by molar-refractivity contribution is 9.10. The van der Waals surface area contributed by atoms with Gasteiger partial charge in [-0.25, -0.2) is 8.78 Å². The van der Waals surface area contributed by atoms with E-state index in [4.69, 9.17) is 0 Å². The van der Waals surface area contributed by atoms with Gasteiger partial charge in [0, 0.05) is 16.6 Å². The first-order valence-electron chi connectivity index (χ1n) is 5.68. The maximum atomic E-state index is 13.4. The first-order chi connectivity index (χ1) is 9.47. The predicted octanol–water partition coefficient (Wildman–Crippen LogP) is 3.36. The number of phenols is 1. The lowest BCUT2D eigenvalue weighted by atomic mass is 10.1. The number of benzene rings is 2. The normalized spacial score (nSPS) is 10.3. The van der Waals surface area contributed by atoms with Crippen molar-refractivity contribution in [3.63, 3.8) is 0 Å². The number of hydrogen-bond acceptors (Lipinski definition) is 2.